The van der Waals surface area contributed by atoms with Crippen LogP contribution in [0.2, 0.25) is 0 Å². The highest BCUT2D eigenvalue weighted by atomic mass is 19.1. The number of fused-ring (bicyclic) bond motifs is 3. The highest BCUT2D eigenvalue weighted by Gasteiger charge is 2.25. The smallest absolute Gasteiger partial charge is 0.168 e. The molecule has 0 aliphatic heterocycles. The minimum absolute atomic E-state index is 0.294. The van der Waals surface area contributed by atoms with E-state index in [1.54, 1.807) is 12.1 Å². The van der Waals surface area contributed by atoms with E-state index in [4.69, 9.17) is 9.47 Å². The summed E-state index contributed by atoms with van der Waals surface area (Å²) < 4.78 is 41.7. The van der Waals surface area contributed by atoms with Crippen LogP contribution in [0, 0.1) is 11.6 Å². The van der Waals surface area contributed by atoms with Crippen LogP contribution in [-0.4, -0.2) is 13.2 Å². The van der Waals surface area contributed by atoms with Crippen LogP contribution in [0.25, 0.3) is 11.1 Å². The minimum atomic E-state index is -0.301. The Bertz CT molecular complexity index is 878. The predicted octanol–water partition coefficient (Wildman–Crippen LogP) is 8.82. The lowest BCUT2D eigenvalue weighted by molar-refractivity contribution is 0.288. The van der Waals surface area contributed by atoms with Crippen molar-refractivity contribution < 1.29 is 18.3 Å². The number of hydrogen-bond acceptors (Lipinski definition) is 2. The molecular weight excluding hydrogens is 418 g/mol. The Morgan fingerprint density at radius 2 is 0.970 bits per heavy atom. The summed E-state index contributed by atoms with van der Waals surface area (Å²) in [6.45, 7) is 5.42. The topological polar surface area (TPSA) is 18.5 Å². The van der Waals surface area contributed by atoms with Gasteiger partial charge in [-0.2, -0.15) is 0 Å². The first-order valence-corrected chi connectivity index (χ1v) is 13.1. The molecule has 1 aliphatic carbocycles. The average Bonchev–Trinajstić information content (AvgIpc) is 2.83. The SMILES string of the molecule is CCCCCCCCCCOc1ccc2c(c1F)CCc1c-2ccc(OCCCCC)c1F. The molecule has 0 bridgehead atoms. The molecule has 0 aromatic heterocycles. The van der Waals surface area contributed by atoms with E-state index in [0.717, 1.165) is 43.2 Å². The van der Waals surface area contributed by atoms with Gasteiger partial charge in [0.15, 0.2) is 23.1 Å². The van der Waals surface area contributed by atoms with Gasteiger partial charge in [0.1, 0.15) is 0 Å². The standard InChI is InChI=1S/C29H40F2O2/c1-3-5-7-8-9-10-11-13-21-33-27-19-17-23-22-16-18-26(32-20-12-6-4-2)28(30)24(22)14-15-25(23)29(27)31/h16-19H,3-15,20-21H2,1-2H3. The highest BCUT2D eigenvalue weighted by molar-refractivity contribution is 5.75. The molecule has 2 aromatic rings. The maximum Gasteiger partial charge on any atom is 0.168 e. The molecule has 0 N–H and O–H groups in total. The Balaban J connectivity index is 1.56. The quantitative estimate of drug-likeness (QED) is 0.248. The molecule has 0 fully saturated rings. The van der Waals surface area contributed by atoms with Crippen molar-refractivity contribution >= 4 is 0 Å². The Kier molecular flexibility index (Phi) is 10.5. The average molecular weight is 459 g/mol. The molecule has 0 saturated heterocycles. The van der Waals surface area contributed by atoms with Gasteiger partial charge in [0.2, 0.25) is 0 Å². The fraction of sp³-hybridized carbons (Fsp3) is 0.586. The number of halogens is 2. The largest absolute Gasteiger partial charge is 0.491 e. The first-order chi connectivity index (χ1) is 16.2. The molecule has 182 valence electrons. The molecule has 0 unspecified atom stereocenters. The molecule has 0 saturated carbocycles. The zero-order valence-corrected chi connectivity index (χ0v) is 20.5. The van der Waals surface area contributed by atoms with E-state index >= 15 is 8.78 Å². The molecule has 0 amide bonds. The second-order valence-electron chi connectivity index (χ2n) is 9.19. The van der Waals surface area contributed by atoms with Crippen molar-refractivity contribution in [2.24, 2.45) is 0 Å². The van der Waals surface area contributed by atoms with Crippen LogP contribution in [-0.2, 0) is 12.8 Å². The van der Waals surface area contributed by atoms with Gasteiger partial charge >= 0.3 is 0 Å². The normalized spacial score (nSPS) is 12.4. The lowest BCUT2D eigenvalue weighted by Crippen LogP contribution is -2.11. The van der Waals surface area contributed by atoms with Gasteiger partial charge in [0.25, 0.3) is 0 Å². The van der Waals surface area contributed by atoms with Gasteiger partial charge in [-0.1, -0.05) is 83.8 Å². The van der Waals surface area contributed by atoms with Crippen molar-refractivity contribution in [3.05, 3.63) is 47.0 Å². The highest BCUT2D eigenvalue weighted by Crippen LogP contribution is 2.40. The van der Waals surface area contributed by atoms with Crippen molar-refractivity contribution in [3.8, 4) is 22.6 Å². The van der Waals surface area contributed by atoms with Crippen molar-refractivity contribution in [2.75, 3.05) is 13.2 Å². The van der Waals surface area contributed by atoms with Gasteiger partial charge in [0, 0.05) is 0 Å². The minimum Gasteiger partial charge on any atom is -0.491 e. The summed E-state index contributed by atoms with van der Waals surface area (Å²) in [5.41, 5.74) is 2.79. The molecular formula is C29H40F2O2. The zero-order valence-electron chi connectivity index (χ0n) is 20.5. The molecule has 2 nitrogen and oxygen atoms in total. The van der Waals surface area contributed by atoms with Gasteiger partial charge in [0.05, 0.1) is 13.2 Å². The molecule has 0 radical (unpaired) electrons. The Hall–Kier alpha value is -2.10. The van der Waals surface area contributed by atoms with Crippen LogP contribution >= 0.6 is 0 Å². The van der Waals surface area contributed by atoms with Crippen LogP contribution in [0.4, 0.5) is 8.78 Å². The van der Waals surface area contributed by atoms with Crippen LogP contribution in [0.3, 0.4) is 0 Å². The Morgan fingerprint density at radius 1 is 0.576 bits per heavy atom. The maximum atomic E-state index is 15.2. The van der Waals surface area contributed by atoms with E-state index in [1.165, 1.54) is 38.5 Å². The van der Waals surface area contributed by atoms with Gasteiger partial charge in [-0.05, 0) is 60.1 Å². The first kappa shape index (κ1) is 25.5. The molecule has 2 aromatic carbocycles. The first-order valence-electron chi connectivity index (χ1n) is 13.1. The third-order valence-electron chi connectivity index (χ3n) is 6.59. The summed E-state index contributed by atoms with van der Waals surface area (Å²) >= 11 is 0. The molecule has 4 heteroatoms. The predicted molar refractivity (Wildman–Crippen MR) is 132 cm³/mol. The van der Waals surface area contributed by atoms with Gasteiger partial charge in [-0.15, -0.1) is 0 Å². The van der Waals surface area contributed by atoms with E-state index < -0.39 is 0 Å². The van der Waals surface area contributed by atoms with Crippen molar-refractivity contribution in [1.29, 1.82) is 0 Å². The van der Waals surface area contributed by atoms with Crippen LogP contribution in [0.15, 0.2) is 24.3 Å². The van der Waals surface area contributed by atoms with Crippen LogP contribution in [0.5, 0.6) is 11.5 Å². The van der Waals surface area contributed by atoms with Crippen molar-refractivity contribution in [2.45, 2.75) is 97.3 Å². The maximum absolute atomic E-state index is 15.2. The molecule has 1 aliphatic rings. The zero-order chi connectivity index (χ0) is 23.5. The molecule has 0 heterocycles. The summed E-state index contributed by atoms with van der Waals surface area (Å²) in [7, 11) is 0. The number of rotatable bonds is 15. The molecule has 3 rings (SSSR count). The van der Waals surface area contributed by atoms with E-state index in [-0.39, 0.29) is 11.6 Å². The second-order valence-corrected chi connectivity index (χ2v) is 9.19. The number of benzene rings is 2. The monoisotopic (exact) mass is 458 g/mol. The van der Waals surface area contributed by atoms with Crippen molar-refractivity contribution in [1.82, 2.24) is 0 Å². The Morgan fingerprint density at radius 3 is 1.45 bits per heavy atom. The van der Waals surface area contributed by atoms with Crippen LogP contribution in [0.1, 0.15) is 95.6 Å². The molecule has 0 atom stereocenters. The summed E-state index contributed by atoms with van der Waals surface area (Å²) in [5, 5.41) is 0. The van der Waals surface area contributed by atoms with Gasteiger partial charge in [-0.3, -0.25) is 0 Å². The number of unbranched alkanes of at least 4 members (excludes halogenated alkanes) is 9. The summed E-state index contributed by atoms with van der Waals surface area (Å²) in [5.74, 6) is 0.0266. The van der Waals surface area contributed by atoms with E-state index in [1.807, 2.05) is 12.1 Å². The second kappa shape index (κ2) is 13.6. The Labute approximate surface area is 198 Å². The molecule has 33 heavy (non-hydrogen) atoms. The summed E-state index contributed by atoms with van der Waals surface area (Å²) in [6, 6.07) is 7.12. The summed E-state index contributed by atoms with van der Waals surface area (Å²) in [6.07, 6.45) is 13.8. The fourth-order valence-electron chi connectivity index (χ4n) is 4.62. The lowest BCUT2D eigenvalue weighted by Gasteiger charge is -2.23. The fourth-order valence-corrected chi connectivity index (χ4v) is 4.62. The number of hydrogen-bond donors (Lipinski definition) is 0. The third-order valence-corrected chi connectivity index (χ3v) is 6.59. The van der Waals surface area contributed by atoms with Gasteiger partial charge in [-0.25, -0.2) is 8.78 Å². The summed E-state index contributed by atoms with van der Waals surface area (Å²) in [4.78, 5) is 0. The van der Waals surface area contributed by atoms with Crippen molar-refractivity contribution in [3.63, 3.8) is 0 Å². The van der Waals surface area contributed by atoms with Crippen LogP contribution < -0.4 is 9.47 Å². The van der Waals surface area contributed by atoms with E-state index in [9.17, 15) is 0 Å². The van der Waals surface area contributed by atoms with E-state index in [0.29, 0.717) is 48.7 Å². The molecule has 0 spiro atoms. The van der Waals surface area contributed by atoms with Gasteiger partial charge < -0.3 is 9.47 Å². The number of ether oxygens (including phenoxy) is 2. The lowest BCUT2D eigenvalue weighted by atomic mass is 9.84. The van der Waals surface area contributed by atoms with E-state index in [2.05, 4.69) is 13.8 Å². The third kappa shape index (κ3) is 6.94.